The zero-order valence-corrected chi connectivity index (χ0v) is 9.06. The molecule has 4 heteroatoms. The van der Waals surface area contributed by atoms with E-state index >= 15 is 0 Å². The number of hydrogen-bond acceptors (Lipinski definition) is 3. The molecule has 0 aromatic heterocycles. The van der Waals surface area contributed by atoms with Crippen LogP contribution in [0.25, 0.3) is 0 Å². The van der Waals surface area contributed by atoms with Gasteiger partial charge >= 0.3 is 0 Å². The summed E-state index contributed by atoms with van der Waals surface area (Å²) in [6, 6.07) is 0. The van der Waals surface area contributed by atoms with Crippen molar-refractivity contribution < 1.29 is 9.53 Å². The Balaban J connectivity index is 3.26. The monoisotopic (exact) mass is 203 g/mol. The van der Waals surface area contributed by atoms with Gasteiger partial charge in [-0.3, -0.25) is 4.79 Å². The van der Waals surface area contributed by atoms with Crippen molar-refractivity contribution in [2.75, 3.05) is 19.8 Å². The number of thiol groups is 1. The Labute approximate surface area is 84.9 Å². The van der Waals surface area contributed by atoms with E-state index in [1.807, 2.05) is 6.92 Å². The van der Waals surface area contributed by atoms with E-state index in [2.05, 4.69) is 24.5 Å². The van der Waals surface area contributed by atoms with E-state index in [-0.39, 0.29) is 11.2 Å². The fraction of sp³-hybridized carbons (Fsp3) is 0.667. The van der Waals surface area contributed by atoms with E-state index < -0.39 is 0 Å². The van der Waals surface area contributed by atoms with Gasteiger partial charge in [-0.05, 0) is 13.8 Å². The van der Waals surface area contributed by atoms with Crippen LogP contribution in [0.4, 0.5) is 0 Å². The van der Waals surface area contributed by atoms with Gasteiger partial charge in [0, 0.05) is 6.54 Å². The van der Waals surface area contributed by atoms with Crippen LogP contribution < -0.4 is 5.32 Å². The normalized spacial score (nSPS) is 12.2. The minimum atomic E-state index is -0.263. The van der Waals surface area contributed by atoms with Crippen molar-refractivity contribution in [1.82, 2.24) is 5.32 Å². The number of hydrogen-bond donors (Lipinski definition) is 2. The molecule has 0 radical (unpaired) electrons. The predicted octanol–water partition coefficient (Wildman–Crippen LogP) is 1.01. The Bertz CT molecular complexity index is 180. The summed E-state index contributed by atoms with van der Waals surface area (Å²) in [4.78, 5) is 11.0. The molecule has 3 nitrogen and oxygen atoms in total. The molecule has 1 unspecified atom stereocenters. The molecule has 0 aliphatic heterocycles. The molecule has 0 fully saturated rings. The minimum Gasteiger partial charge on any atom is -0.375 e. The van der Waals surface area contributed by atoms with Crippen molar-refractivity contribution in [3.05, 3.63) is 12.2 Å². The number of carbonyl (C=O) groups is 1. The van der Waals surface area contributed by atoms with Crippen molar-refractivity contribution in [1.29, 1.82) is 0 Å². The molecule has 0 aliphatic carbocycles. The van der Waals surface area contributed by atoms with E-state index in [0.717, 1.165) is 5.57 Å². The molecule has 13 heavy (non-hydrogen) atoms. The first-order chi connectivity index (χ1) is 6.04. The van der Waals surface area contributed by atoms with Crippen molar-refractivity contribution >= 4 is 18.5 Å². The Morgan fingerprint density at radius 1 is 1.69 bits per heavy atom. The highest BCUT2D eigenvalue weighted by molar-refractivity contribution is 7.81. The molecule has 1 atom stereocenters. The first kappa shape index (κ1) is 12.5. The van der Waals surface area contributed by atoms with Crippen molar-refractivity contribution in [2.45, 2.75) is 19.1 Å². The number of ether oxygens (including phenoxy) is 1. The molecule has 1 N–H and O–H groups in total. The number of carbonyl (C=O) groups excluding carboxylic acids is 1. The lowest BCUT2D eigenvalue weighted by Gasteiger charge is -2.07. The molecular weight excluding hydrogens is 186 g/mol. The predicted molar refractivity (Wildman–Crippen MR) is 57.1 cm³/mol. The summed E-state index contributed by atoms with van der Waals surface area (Å²) in [6.45, 7) is 8.90. The maximum absolute atomic E-state index is 11.0. The van der Waals surface area contributed by atoms with Crippen LogP contribution in [0.15, 0.2) is 12.2 Å². The molecule has 1 amide bonds. The van der Waals surface area contributed by atoms with E-state index in [9.17, 15) is 4.79 Å². The molecule has 0 saturated heterocycles. The molecule has 0 bridgehead atoms. The van der Waals surface area contributed by atoms with Crippen LogP contribution in [0.2, 0.25) is 0 Å². The molecule has 0 heterocycles. The van der Waals surface area contributed by atoms with Crippen molar-refractivity contribution in [3.8, 4) is 0 Å². The minimum absolute atomic E-state index is 0.0674. The Hall–Kier alpha value is -0.480. The first-order valence-electron chi connectivity index (χ1n) is 4.22. The lowest BCUT2D eigenvalue weighted by atomic mass is 10.4. The smallest absolute Gasteiger partial charge is 0.232 e. The Kier molecular flexibility index (Phi) is 6.72. The van der Waals surface area contributed by atoms with Crippen LogP contribution in [-0.2, 0) is 9.53 Å². The van der Waals surface area contributed by atoms with Gasteiger partial charge in [0.15, 0.2) is 0 Å². The van der Waals surface area contributed by atoms with E-state index in [4.69, 9.17) is 4.74 Å². The highest BCUT2D eigenvalue weighted by Crippen LogP contribution is 1.91. The van der Waals surface area contributed by atoms with Crippen LogP contribution in [0.3, 0.4) is 0 Å². The highest BCUT2D eigenvalue weighted by Gasteiger charge is 2.05. The summed E-state index contributed by atoms with van der Waals surface area (Å²) < 4.78 is 5.19. The average Bonchev–Trinajstić information content (AvgIpc) is 2.02. The molecule has 0 aromatic carbocycles. The average molecular weight is 203 g/mol. The van der Waals surface area contributed by atoms with Crippen LogP contribution >= 0.6 is 12.6 Å². The van der Waals surface area contributed by atoms with Gasteiger partial charge in [-0.25, -0.2) is 0 Å². The second-order valence-electron chi connectivity index (χ2n) is 2.98. The lowest BCUT2D eigenvalue weighted by molar-refractivity contribution is -0.120. The van der Waals surface area contributed by atoms with Gasteiger partial charge in [0.2, 0.25) is 5.91 Å². The summed E-state index contributed by atoms with van der Waals surface area (Å²) in [6.07, 6.45) is 0. The molecule has 0 rings (SSSR count). The molecule has 76 valence electrons. The van der Waals surface area contributed by atoms with E-state index in [1.54, 1.807) is 6.92 Å². The van der Waals surface area contributed by atoms with Gasteiger partial charge in [-0.15, -0.1) is 0 Å². The second-order valence-corrected chi connectivity index (χ2v) is 3.75. The van der Waals surface area contributed by atoms with Gasteiger partial charge < -0.3 is 10.1 Å². The van der Waals surface area contributed by atoms with Crippen LogP contribution in [0, 0.1) is 0 Å². The van der Waals surface area contributed by atoms with Gasteiger partial charge in [-0.2, -0.15) is 12.6 Å². The van der Waals surface area contributed by atoms with Crippen molar-refractivity contribution in [2.24, 2.45) is 0 Å². The summed E-state index contributed by atoms with van der Waals surface area (Å²) in [5, 5.41) is 2.42. The quantitative estimate of drug-likeness (QED) is 0.384. The molecule has 0 saturated carbocycles. The molecular formula is C9H17NO2S. The Morgan fingerprint density at radius 2 is 2.31 bits per heavy atom. The van der Waals surface area contributed by atoms with Crippen LogP contribution in [0.5, 0.6) is 0 Å². The highest BCUT2D eigenvalue weighted by atomic mass is 32.1. The van der Waals surface area contributed by atoms with Gasteiger partial charge in [0.1, 0.15) is 0 Å². The number of nitrogens with one attached hydrogen (secondary N) is 1. The van der Waals surface area contributed by atoms with Gasteiger partial charge in [0.05, 0.1) is 18.5 Å². The summed E-state index contributed by atoms with van der Waals surface area (Å²) in [7, 11) is 0. The largest absolute Gasteiger partial charge is 0.375 e. The summed E-state index contributed by atoms with van der Waals surface area (Å²) in [5.41, 5.74) is 0.980. The molecule has 0 aromatic rings. The SMILES string of the molecule is C=C(C)COCCNC(=O)C(C)S. The third-order valence-corrected chi connectivity index (χ3v) is 1.51. The van der Waals surface area contributed by atoms with Crippen molar-refractivity contribution in [3.63, 3.8) is 0 Å². The van der Waals surface area contributed by atoms with Gasteiger partial charge in [-0.1, -0.05) is 12.2 Å². The summed E-state index contributed by atoms with van der Waals surface area (Å²) in [5.74, 6) is -0.0674. The molecule has 0 spiro atoms. The number of rotatable bonds is 6. The van der Waals surface area contributed by atoms with E-state index in [1.165, 1.54) is 0 Å². The number of amides is 1. The van der Waals surface area contributed by atoms with Crippen LogP contribution in [0.1, 0.15) is 13.8 Å². The maximum Gasteiger partial charge on any atom is 0.232 e. The third kappa shape index (κ3) is 7.87. The second kappa shape index (κ2) is 6.97. The summed E-state index contributed by atoms with van der Waals surface area (Å²) >= 11 is 3.98. The third-order valence-electron chi connectivity index (χ3n) is 1.27. The fourth-order valence-corrected chi connectivity index (χ4v) is 0.732. The zero-order chi connectivity index (χ0) is 10.3. The first-order valence-corrected chi connectivity index (χ1v) is 4.73. The topological polar surface area (TPSA) is 38.3 Å². The standard InChI is InChI=1S/C9H17NO2S/c1-7(2)6-12-5-4-10-9(11)8(3)13/h8,13H,1,4-6H2,2-3H3,(H,10,11). The van der Waals surface area contributed by atoms with E-state index in [0.29, 0.717) is 19.8 Å². The zero-order valence-electron chi connectivity index (χ0n) is 8.17. The molecule has 0 aliphatic rings. The fourth-order valence-electron chi connectivity index (χ4n) is 0.641. The maximum atomic E-state index is 11.0. The Morgan fingerprint density at radius 3 is 2.77 bits per heavy atom. The van der Waals surface area contributed by atoms with Crippen LogP contribution in [-0.4, -0.2) is 30.9 Å². The van der Waals surface area contributed by atoms with Gasteiger partial charge in [0.25, 0.3) is 0 Å². The lowest BCUT2D eigenvalue weighted by Crippen LogP contribution is -2.32.